The fraction of sp³-hybridized carbons (Fsp3) is 0.548. The molecule has 4 aromatic rings. The third kappa shape index (κ3) is 9.91. The maximum absolute atomic E-state index is 6.29. The first-order valence-corrected chi connectivity index (χ1v) is 23.5. The Bertz CT molecular complexity index is 1560. The fourth-order valence-electron chi connectivity index (χ4n) is 4.96. The van der Waals surface area contributed by atoms with Crippen molar-refractivity contribution in [3.8, 4) is 11.5 Å². The van der Waals surface area contributed by atoms with Crippen LogP contribution in [0.15, 0.2) is 36.7 Å². The Hall–Kier alpha value is -2.66. The second-order valence-electron chi connectivity index (χ2n) is 14.0. The number of hydrogen-bond acceptors (Lipinski definition) is 9. The maximum atomic E-state index is 6.29. The number of imidazole rings is 1. The summed E-state index contributed by atoms with van der Waals surface area (Å²) in [5, 5.41) is 8.55. The lowest BCUT2D eigenvalue weighted by Gasteiger charge is -2.26. The summed E-state index contributed by atoms with van der Waals surface area (Å²) >= 11 is 6.12. The van der Waals surface area contributed by atoms with E-state index >= 15 is 0 Å². The SMILES string of the molecule is C[Si](C)(C)CCOCn1cc(Nc2ccnc(Cl)n2)c(-c2nc3cc(CN4CCOCC4)ccc3n2COCC[Si](C)(C)C)n1. The topological polar surface area (TPSA) is 104 Å². The number of ether oxygens (including phenoxy) is 3. The highest BCUT2D eigenvalue weighted by Crippen LogP contribution is 2.32. The van der Waals surface area contributed by atoms with E-state index in [0.717, 1.165) is 61.7 Å². The van der Waals surface area contributed by atoms with Crippen molar-refractivity contribution in [1.82, 2.24) is 34.2 Å². The van der Waals surface area contributed by atoms with E-state index in [0.29, 0.717) is 44.0 Å². The van der Waals surface area contributed by atoms with Gasteiger partial charge in [-0.05, 0) is 47.5 Å². The van der Waals surface area contributed by atoms with E-state index in [4.69, 9.17) is 35.9 Å². The Morgan fingerprint density at radius 3 is 2.33 bits per heavy atom. The lowest BCUT2D eigenvalue weighted by atomic mass is 10.2. The number of benzene rings is 1. The summed E-state index contributed by atoms with van der Waals surface area (Å²) in [7, 11) is -2.46. The van der Waals surface area contributed by atoms with Crippen molar-refractivity contribution < 1.29 is 14.2 Å². The molecule has 0 unspecified atom stereocenters. The van der Waals surface area contributed by atoms with Gasteiger partial charge in [0.05, 0.1) is 36.1 Å². The van der Waals surface area contributed by atoms with E-state index in [-0.39, 0.29) is 5.28 Å². The van der Waals surface area contributed by atoms with Gasteiger partial charge in [0.15, 0.2) is 11.5 Å². The Labute approximate surface area is 273 Å². The normalized spacial score (nSPS) is 14.8. The van der Waals surface area contributed by atoms with Crippen LogP contribution >= 0.6 is 11.6 Å². The number of halogens is 1. The van der Waals surface area contributed by atoms with Crippen molar-refractivity contribution in [3.05, 3.63) is 47.5 Å². The molecule has 0 atom stereocenters. The van der Waals surface area contributed by atoms with Gasteiger partial charge in [-0.3, -0.25) is 9.47 Å². The molecule has 0 saturated carbocycles. The van der Waals surface area contributed by atoms with Crippen molar-refractivity contribution in [2.75, 3.05) is 44.8 Å². The van der Waals surface area contributed by atoms with Gasteiger partial charge in [-0.15, -0.1) is 0 Å². The number of fused-ring (bicyclic) bond motifs is 1. The van der Waals surface area contributed by atoms with Crippen molar-refractivity contribution in [1.29, 1.82) is 0 Å². The second-order valence-corrected chi connectivity index (χ2v) is 25.6. The molecule has 0 aliphatic carbocycles. The van der Waals surface area contributed by atoms with Crippen molar-refractivity contribution in [2.45, 2.75) is 71.4 Å². The molecular formula is C31H47ClN8O3Si2. The Morgan fingerprint density at radius 1 is 0.933 bits per heavy atom. The molecule has 45 heavy (non-hydrogen) atoms. The predicted molar refractivity (Wildman–Crippen MR) is 186 cm³/mol. The third-order valence-corrected chi connectivity index (χ3v) is 11.2. The first-order valence-electron chi connectivity index (χ1n) is 15.7. The minimum Gasteiger partial charge on any atom is -0.379 e. The summed E-state index contributed by atoms with van der Waals surface area (Å²) in [5.74, 6) is 1.28. The Kier molecular flexibility index (Phi) is 11.1. The Balaban J connectivity index is 1.49. The molecule has 0 spiro atoms. The van der Waals surface area contributed by atoms with Gasteiger partial charge in [0.2, 0.25) is 5.28 Å². The first-order chi connectivity index (χ1) is 21.4. The first kappa shape index (κ1) is 33.7. The molecule has 1 fully saturated rings. The molecule has 0 radical (unpaired) electrons. The van der Waals surface area contributed by atoms with Crippen LogP contribution in [0.4, 0.5) is 11.5 Å². The van der Waals surface area contributed by atoms with E-state index in [2.05, 4.69) is 82.2 Å². The third-order valence-electron chi connectivity index (χ3n) is 7.62. The van der Waals surface area contributed by atoms with Crippen molar-refractivity contribution in [3.63, 3.8) is 0 Å². The quantitative estimate of drug-likeness (QED) is 0.0857. The van der Waals surface area contributed by atoms with Gasteiger partial charge in [0.1, 0.15) is 19.3 Å². The number of nitrogens with zero attached hydrogens (tertiary/aromatic N) is 7. The van der Waals surface area contributed by atoms with Crippen LogP contribution in [-0.2, 0) is 34.2 Å². The molecule has 0 bridgehead atoms. The summed E-state index contributed by atoms with van der Waals surface area (Å²) in [5.41, 5.74) is 4.54. The van der Waals surface area contributed by atoms with Crippen LogP contribution in [0.1, 0.15) is 5.56 Å². The molecule has 0 amide bonds. The molecule has 244 valence electrons. The van der Waals surface area contributed by atoms with Gasteiger partial charge < -0.3 is 19.5 Å². The summed E-state index contributed by atoms with van der Waals surface area (Å²) in [6.45, 7) is 20.5. The van der Waals surface area contributed by atoms with Crippen LogP contribution in [0, 0.1) is 0 Å². The smallest absolute Gasteiger partial charge is 0.224 e. The monoisotopic (exact) mass is 670 g/mol. The molecule has 1 N–H and O–H groups in total. The fourth-order valence-corrected chi connectivity index (χ4v) is 6.62. The van der Waals surface area contributed by atoms with Gasteiger partial charge in [-0.1, -0.05) is 45.3 Å². The standard InChI is InChI=1S/C31H47ClN8O3Si2/c1-44(2,3)17-15-42-22-39-21-26(34-28-9-10-33-31(32)36-28)29(37-39)30-35-25-19-24(20-38-11-13-41-14-12-38)7-8-27(25)40(30)23-43-16-18-45(4,5)6/h7-10,19,21H,11-18,20,22-23H2,1-6H3,(H,33,34,36). The van der Waals surface area contributed by atoms with E-state index in [9.17, 15) is 0 Å². The molecular weight excluding hydrogens is 624 g/mol. The summed E-state index contributed by atoms with van der Waals surface area (Å²) in [6, 6.07) is 10.5. The number of rotatable bonds is 15. The van der Waals surface area contributed by atoms with Crippen LogP contribution in [0.5, 0.6) is 0 Å². The minimum atomic E-state index is -1.24. The lowest BCUT2D eigenvalue weighted by molar-refractivity contribution is 0.0342. The zero-order valence-electron chi connectivity index (χ0n) is 27.5. The van der Waals surface area contributed by atoms with Gasteiger partial charge in [0.25, 0.3) is 0 Å². The van der Waals surface area contributed by atoms with Crippen LogP contribution in [0.25, 0.3) is 22.6 Å². The molecule has 1 aliphatic rings. The van der Waals surface area contributed by atoms with Gasteiger partial charge in [-0.2, -0.15) is 5.10 Å². The predicted octanol–water partition coefficient (Wildman–Crippen LogP) is 6.54. The zero-order valence-corrected chi connectivity index (χ0v) is 30.2. The molecule has 4 heterocycles. The van der Waals surface area contributed by atoms with Gasteiger partial charge >= 0.3 is 0 Å². The summed E-state index contributed by atoms with van der Waals surface area (Å²) < 4.78 is 21.8. The van der Waals surface area contributed by atoms with Crippen LogP contribution in [-0.4, -0.2) is 89.9 Å². The van der Waals surface area contributed by atoms with Crippen LogP contribution in [0.2, 0.25) is 56.7 Å². The van der Waals surface area contributed by atoms with Crippen LogP contribution in [0.3, 0.4) is 0 Å². The van der Waals surface area contributed by atoms with E-state index in [1.54, 1.807) is 12.3 Å². The van der Waals surface area contributed by atoms with Crippen molar-refractivity contribution >= 4 is 50.3 Å². The van der Waals surface area contributed by atoms with E-state index in [1.807, 2.05) is 10.9 Å². The largest absolute Gasteiger partial charge is 0.379 e. The van der Waals surface area contributed by atoms with Gasteiger partial charge in [0, 0.05) is 55.2 Å². The number of morpholine rings is 1. The maximum Gasteiger partial charge on any atom is 0.224 e. The Morgan fingerprint density at radius 2 is 1.64 bits per heavy atom. The molecule has 1 saturated heterocycles. The number of aromatic nitrogens is 6. The molecule has 3 aromatic heterocycles. The average molecular weight is 671 g/mol. The average Bonchev–Trinajstić information content (AvgIpc) is 3.53. The summed E-state index contributed by atoms with van der Waals surface area (Å²) in [6.07, 6.45) is 3.55. The minimum absolute atomic E-state index is 0.166. The highest BCUT2D eigenvalue weighted by Gasteiger charge is 2.22. The highest BCUT2D eigenvalue weighted by molar-refractivity contribution is 6.76. The molecule has 14 heteroatoms. The van der Waals surface area contributed by atoms with Crippen LogP contribution < -0.4 is 5.32 Å². The highest BCUT2D eigenvalue weighted by atomic mass is 35.5. The molecule has 5 rings (SSSR count). The van der Waals surface area contributed by atoms with E-state index in [1.165, 1.54) is 5.56 Å². The number of anilines is 2. The summed E-state index contributed by atoms with van der Waals surface area (Å²) in [4.78, 5) is 16.0. The van der Waals surface area contributed by atoms with Gasteiger partial charge in [-0.25, -0.2) is 19.6 Å². The van der Waals surface area contributed by atoms with E-state index < -0.39 is 16.1 Å². The lowest BCUT2D eigenvalue weighted by Crippen LogP contribution is -2.35. The molecule has 1 aliphatic heterocycles. The number of hydrogen-bond donors (Lipinski definition) is 1. The molecule has 1 aromatic carbocycles. The molecule has 11 nitrogen and oxygen atoms in total. The van der Waals surface area contributed by atoms with Crippen molar-refractivity contribution in [2.24, 2.45) is 0 Å². The second kappa shape index (κ2) is 14.8. The zero-order chi connectivity index (χ0) is 32.0. The number of nitrogens with one attached hydrogen (secondary N) is 1.